The molecule has 68 valence electrons. The number of para-hydroxylation sites is 1. The van der Waals surface area contributed by atoms with Gasteiger partial charge in [0.1, 0.15) is 5.75 Å². The van der Waals surface area contributed by atoms with Crippen molar-refractivity contribution in [1.29, 1.82) is 0 Å². The van der Waals surface area contributed by atoms with Crippen LogP contribution in [0.1, 0.15) is 0 Å². The molecule has 0 saturated heterocycles. The predicted molar refractivity (Wildman–Crippen MR) is 48.3 cm³/mol. The van der Waals surface area contributed by atoms with Crippen LogP contribution in [0.5, 0.6) is 5.75 Å². The summed E-state index contributed by atoms with van der Waals surface area (Å²) in [7, 11) is 0. The number of benzene rings is 1. The van der Waals surface area contributed by atoms with Crippen LogP contribution in [0.3, 0.4) is 0 Å². The molecular weight excluding hydrogens is 168 g/mol. The van der Waals surface area contributed by atoms with Crippen LogP contribution in [0.4, 0.5) is 0 Å². The quantitative estimate of drug-likeness (QED) is 0.555. The van der Waals surface area contributed by atoms with E-state index in [2.05, 4.69) is 6.58 Å². The van der Waals surface area contributed by atoms with E-state index in [9.17, 15) is 4.79 Å². The largest absolute Gasteiger partial charge is 0.457 e. The number of aliphatic hydroxyl groups excluding tert-OH is 1. The number of aliphatic hydroxyl groups is 1. The van der Waals surface area contributed by atoms with Gasteiger partial charge in [-0.25, -0.2) is 0 Å². The number of ether oxygens (including phenoxy) is 1. The van der Waals surface area contributed by atoms with Crippen LogP contribution in [0.15, 0.2) is 43.0 Å². The maximum atomic E-state index is 10.8. The molecule has 0 aliphatic carbocycles. The number of carbonyl (C=O) groups excluding carboxylic acids is 1. The number of carbonyl (C=O) groups is 1. The Kier molecular flexibility index (Phi) is 3.23. The molecule has 1 atom stereocenters. The number of ketones is 1. The van der Waals surface area contributed by atoms with Crippen LogP contribution >= 0.6 is 0 Å². The van der Waals surface area contributed by atoms with Crippen molar-refractivity contribution in [2.75, 3.05) is 0 Å². The first-order chi connectivity index (χ1) is 6.24. The Morgan fingerprint density at radius 2 is 2.08 bits per heavy atom. The van der Waals surface area contributed by atoms with Crippen molar-refractivity contribution in [2.24, 2.45) is 0 Å². The van der Waals surface area contributed by atoms with Crippen molar-refractivity contribution in [1.82, 2.24) is 0 Å². The zero-order chi connectivity index (χ0) is 9.68. The van der Waals surface area contributed by atoms with Crippen molar-refractivity contribution in [2.45, 2.75) is 6.29 Å². The molecule has 13 heavy (non-hydrogen) atoms. The van der Waals surface area contributed by atoms with Gasteiger partial charge in [-0.05, 0) is 18.2 Å². The molecule has 0 heterocycles. The molecule has 0 radical (unpaired) electrons. The number of rotatable bonds is 4. The van der Waals surface area contributed by atoms with Crippen molar-refractivity contribution >= 4 is 5.78 Å². The van der Waals surface area contributed by atoms with Crippen LogP contribution < -0.4 is 4.74 Å². The molecule has 1 unspecified atom stereocenters. The van der Waals surface area contributed by atoms with Crippen LogP contribution in [0.25, 0.3) is 0 Å². The molecule has 0 aliphatic rings. The van der Waals surface area contributed by atoms with Gasteiger partial charge >= 0.3 is 0 Å². The zero-order valence-corrected chi connectivity index (χ0v) is 7.01. The van der Waals surface area contributed by atoms with E-state index in [-0.39, 0.29) is 0 Å². The Bertz CT molecular complexity index is 292. The summed E-state index contributed by atoms with van der Waals surface area (Å²) in [5, 5.41) is 9.13. The molecule has 0 aromatic heterocycles. The third-order valence-corrected chi connectivity index (χ3v) is 1.44. The van der Waals surface area contributed by atoms with Crippen LogP contribution in [-0.2, 0) is 4.79 Å². The second-order valence-electron chi connectivity index (χ2n) is 2.39. The standard InChI is InChI=1S/C10H10O3/c1-2-9(11)10(12)13-8-6-4-3-5-7-8/h2-7,10,12H,1H2. The summed E-state index contributed by atoms with van der Waals surface area (Å²) in [5.74, 6) is -0.103. The lowest BCUT2D eigenvalue weighted by atomic mass is 10.3. The van der Waals surface area contributed by atoms with Crippen LogP contribution in [0, 0.1) is 0 Å². The van der Waals surface area contributed by atoms with Gasteiger partial charge in [0.2, 0.25) is 5.78 Å². The molecule has 1 rings (SSSR count). The molecule has 0 saturated carbocycles. The topological polar surface area (TPSA) is 46.5 Å². The molecule has 0 bridgehead atoms. The van der Waals surface area contributed by atoms with E-state index in [0.717, 1.165) is 6.08 Å². The normalized spacial score (nSPS) is 11.8. The highest BCUT2D eigenvalue weighted by molar-refractivity contribution is 5.91. The van der Waals surface area contributed by atoms with Crippen LogP contribution in [0.2, 0.25) is 0 Å². The summed E-state index contributed by atoms with van der Waals surface area (Å²) in [6, 6.07) is 8.62. The van der Waals surface area contributed by atoms with E-state index in [1.807, 2.05) is 6.07 Å². The minimum absolute atomic E-state index is 0.449. The van der Waals surface area contributed by atoms with Gasteiger partial charge in [0.15, 0.2) is 0 Å². The van der Waals surface area contributed by atoms with E-state index in [1.165, 1.54) is 0 Å². The van der Waals surface area contributed by atoms with E-state index >= 15 is 0 Å². The predicted octanol–water partition coefficient (Wildman–Crippen LogP) is 1.14. The minimum Gasteiger partial charge on any atom is -0.457 e. The van der Waals surface area contributed by atoms with Crippen molar-refractivity contribution in [3.63, 3.8) is 0 Å². The molecule has 0 aliphatic heterocycles. The van der Waals surface area contributed by atoms with Gasteiger partial charge in [-0.1, -0.05) is 24.8 Å². The molecule has 0 amide bonds. The third-order valence-electron chi connectivity index (χ3n) is 1.44. The van der Waals surface area contributed by atoms with Crippen molar-refractivity contribution in [3.8, 4) is 5.75 Å². The Labute approximate surface area is 76.3 Å². The van der Waals surface area contributed by atoms with E-state index in [1.54, 1.807) is 24.3 Å². The Morgan fingerprint density at radius 3 is 2.62 bits per heavy atom. The first kappa shape index (κ1) is 9.48. The smallest absolute Gasteiger partial charge is 0.261 e. The average molecular weight is 178 g/mol. The summed E-state index contributed by atoms with van der Waals surface area (Å²) in [6.07, 6.45) is -0.437. The maximum Gasteiger partial charge on any atom is 0.261 e. The molecule has 3 nitrogen and oxygen atoms in total. The average Bonchev–Trinajstić information content (AvgIpc) is 2.18. The maximum absolute atomic E-state index is 10.8. The van der Waals surface area contributed by atoms with Gasteiger partial charge in [-0.15, -0.1) is 0 Å². The van der Waals surface area contributed by atoms with E-state index < -0.39 is 12.1 Å². The monoisotopic (exact) mass is 178 g/mol. The fourth-order valence-electron chi connectivity index (χ4n) is 0.787. The molecule has 0 spiro atoms. The highest BCUT2D eigenvalue weighted by Gasteiger charge is 2.12. The SMILES string of the molecule is C=CC(=O)C(O)Oc1ccccc1. The third kappa shape index (κ3) is 2.72. The van der Waals surface area contributed by atoms with Gasteiger partial charge < -0.3 is 9.84 Å². The first-order valence-corrected chi connectivity index (χ1v) is 3.80. The molecular formula is C10H10O3. The molecule has 1 aromatic carbocycles. The highest BCUT2D eigenvalue weighted by atomic mass is 16.6. The van der Waals surface area contributed by atoms with Crippen molar-refractivity contribution in [3.05, 3.63) is 43.0 Å². The number of hydrogen-bond donors (Lipinski definition) is 1. The lowest BCUT2D eigenvalue weighted by Gasteiger charge is -2.09. The van der Waals surface area contributed by atoms with Crippen LogP contribution in [-0.4, -0.2) is 17.2 Å². The lowest BCUT2D eigenvalue weighted by Crippen LogP contribution is -2.24. The Morgan fingerprint density at radius 1 is 1.46 bits per heavy atom. The molecule has 3 heteroatoms. The molecule has 1 aromatic rings. The second-order valence-corrected chi connectivity index (χ2v) is 2.39. The summed E-state index contributed by atoms with van der Waals surface area (Å²) in [5.41, 5.74) is 0. The van der Waals surface area contributed by atoms with Gasteiger partial charge in [0.05, 0.1) is 0 Å². The minimum atomic E-state index is -1.46. The first-order valence-electron chi connectivity index (χ1n) is 3.80. The highest BCUT2D eigenvalue weighted by Crippen LogP contribution is 2.10. The molecule has 0 fully saturated rings. The van der Waals surface area contributed by atoms with E-state index in [4.69, 9.17) is 9.84 Å². The van der Waals surface area contributed by atoms with Gasteiger partial charge in [0.25, 0.3) is 6.29 Å². The Balaban J connectivity index is 2.60. The molecule has 1 N–H and O–H groups in total. The lowest BCUT2D eigenvalue weighted by molar-refractivity contribution is -0.135. The summed E-state index contributed by atoms with van der Waals surface area (Å²) in [4.78, 5) is 10.8. The summed E-state index contributed by atoms with van der Waals surface area (Å²) in [6.45, 7) is 3.23. The van der Waals surface area contributed by atoms with Gasteiger partial charge in [-0.3, -0.25) is 4.79 Å². The van der Waals surface area contributed by atoms with E-state index in [0.29, 0.717) is 5.75 Å². The number of hydrogen-bond acceptors (Lipinski definition) is 3. The fourth-order valence-corrected chi connectivity index (χ4v) is 0.787. The van der Waals surface area contributed by atoms with Crippen molar-refractivity contribution < 1.29 is 14.6 Å². The summed E-state index contributed by atoms with van der Waals surface area (Å²) < 4.78 is 4.90. The second kappa shape index (κ2) is 4.42. The zero-order valence-electron chi connectivity index (χ0n) is 7.01. The Hall–Kier alpha value is -1.61. The summed E-state index contributed by atoms with van der Waals surface area (Å²) >= 11 is 0. The van der Waals surface area contributed by atoms with Gasteiger partial charge in [0, 0.05) is 0 Å². The van der Waals surface area contributed by atoms with Gasteiger partial charge in [-0.2, -0.15) is 0 Å². The fraction of sp³-hybridized carbons (Fsp3) is 0.100.